The molecule has 1 saturated heterocycles. The number of anilines is 1. The predicted molar refractivity (Wildman–Crippen MR) is 144 cm³/mol. The number of ether oxygens (including phenoxy) is 3. The Balaban J connectivity index is 1.66. The molecule has 208 valence electrons. The van der Waals surface area contributed by atoms with Gasteiger partial charge < -0.3 is 24.8 Å². The van der Waals surface area contributed by atoms with Gasteiger partial charge in [-0.15, -0.1) is 0 Å². The first kappa shape index (κ1) is 29.3. The fraction of sp³-hybridized carbons (Fsp3) is 0.750. The number of rotatable bonds is 15. The van der Waals surface area contributed by atoms with Gasteiger partial charge in [-0.3, -0.25) is 14.5 Å². The van der Waals surface area contributed by atoms with Crippen molar-refractivity contribution in [3.05, 3.63) is 17.8 Å². The van der Waals surface area contributed by atoms with E-state index >= 15 is 0 Å². The standard InChI is InChI=1S/C28H46N4O5/c1-6-36-18-23(12-19(2)3)31-27(33)21-13-22(17-29-16-21)28(34)32(24-8-9-24)26-14-25(20(4)15-30-26)37-11-7-10-35-5/h14-15,19,21-24,29H,6-13,16-18H2,1-5H3,(H,31,33)/t21-,22+,23?/m0/s1. The first-order valence-electron chi connectivity index (χ1n) is 13.8. The molecule has 0 bridgehead atoms. The highest BCUT2D eigenvalue weighted by Gasteiger charge is 2.40. The number of methoxy groups -OCH3 is 1. The van der Waals surface area contributed by atoms with E-state index in [1.807, 2.05) is 24.8 Å². The average molecular weight is 519 g/mol. The highest BCUT2D eigenvalue weighted by atomic mass is 16.5. The van der Waals surface area contributed by atoms with E-state index in [0.717, 1.165) is 37.0 Å². The van der Waals surface area contributed by atoms with Gasteiger partial charge in [0.2, 0.25) is 11.8 Å². The minimum Gasteiger partial charge on any atom is -0.493 e. The van der Waals surface area contributed by atoms with Crippen LogP contribution in [0.3, 0.4) is 0 Å². The minimum absolute atomic E-state index is 0.00599. The summed E-state index contributed by atoms with van der Waals surface area (Å²) in [6.07, 6.45) is 5.87. The molecule has 3 rings (SSSR count). The molecule has 1 saturated carbocycles. The van der Waals surface area contributed by atoms with Crippen LogP contribution in [0.4, 0.5) is 5.82 Å². The van der Waals surface area contributed by atoms with Gasteiger partial charge in [-0.05, 0) is 45.4 Å². The van der Waals surface area contributed by atoms with Gasteiger partial charge in [-0.25, -0.2) is 4.98 Å². The number of piperidine rings is 1. The lowest BCUT2D eigenvalue weighted by Gasteiger charge is -2.33. The highest BCUT2D eigenvalue weighted by molar-refractivity contribution is 5.96. The van der Waals surface area contributed by atoms with Crippen LogP contribution in [0.5, 0.6) is 5.75 Å². The van der Waals surface area contributed by atoms with E-state index in [4.69, 9.17) is 14.2 Å². The summed E-state index contributed by atoms with van der Waals surface area (Å²) in [6.45, 7) is 11.6. The van der Waals surface area contributed by atoms with Crippen molar-refractivity contribution in [2.45, 2.75) is 71.9 Å². The van der Waals surface area contributed by atoms with E-state index in [1.165, 1.54) is 0 Å². The maximum atomic E-state index is 13.8. The zero-order chi connectivity index (χ0) is 26.8. The summed E-state index contributed by atoms with van der Waals surface area (Å²) in [5.41, 5.74) is 0.934. The number of aryl methyl sites for hydroxylation is 1. The number of hydrogen-bond donors (Lipinski definition) is 2. The smallest absolute Gasteiger partial charge is 0.232 e. The van der Waals surface area contributed by atoms with Crippen molar-refractivity contribution >= 4 is 17.6 Å². The molecule has 0 spiro atoms. The van der Waals surface area contributed by atoms with Crippen LogP contribution < -0.4 is 20.3 Å². The van der Waals surface area contributed by atoms with Crippen LogP contribution in [0.1, 0.15) is 58.4 Å². The molecule has 2 amide bonds. The number of amides is 2. The van der Waals surface area contributed by atoms with Crippen LogP contribution in [0.15, 0.2) is 12.3 Å². The highest BCUT2D eigenvalue weighted by Crippen LogP contribution is 2.35. The summed E-state index contributed by atoms with van der Waals surface area (Å²) in [5, 5.41) is 6.52. The number of aromatic nitrogens is 1. The number of carbonyl (C=O) groups is 2. The van der Waals surface area contributed by atoms with Crippen LogP contribution in [0.25, 0.3) is 0 Å². The monoisotopic (exact) mass is 518 g/mol. The number of nitrogens with one attached hydrogen (secondary N) is 2. The SMILES string of the molecule is CCOCC(CC(C)C)NC(=O)[C@@H]1CNC[C@H](C(=O)N(c2cc(OCCCOC)c(C)cn2)C2CC2)C1. The Morgan fingerprint density at radius 2 is 1.97 bits per heavy atom. The molecule has 0 aromatic carbocycles. The first-order valence-corrected chi connectivity index (χ1v) is 13.8. The molecule has 1 aliphatic heterocycles. The Hall–Kier alpha value is -2.23. The van der Waals surface area contributed by atoms with Crippen LogP contribution in [-0.4, -0.2) is 75.5 Å². The molecule has 2 heterocycles. The molecule has 1 aromatic rings. The van der Waals surface area contributed by atoms with E-state index in [9.17, 15) is 9.59 Å². The van der Waals surface area contributed by atoms with E-state index in [2.05, 4.69) is 29.5 Å². The van der Waals surface area contributed by atoms with Crippen molar-refractivity contribution in [1.82, 2.24) is 15.6 Å². The second-order valence-corrected chi connectivity index (χ2v) is 10.7. The Bertz CT molecular complexity index is 876. The second kappa shape index (κ2) is 14.6. The van der Waals surface area contributed by atoms with Gasteiger partial charge in [-0.2, -0.15) is 0 Å². The third-order valence-electron chi connectivity index (χ3n) is 6.88. The fourth-order valence-electron chi connectivity index (χ4n) is 4.82. The lowest BCUT2D eigenvalue weighted by molar-refractivity contribution is -0.129. The van der Waals surface area contributed by atoms with Gasteiger partial charge in [0.15, 0.2) is 0 Å². The van der Waals surface area contributed by atoms with Crippen molar-refractivity contribution < 1.29 is 23.8 Å². The number of pyridine rings is 1. The van der Waals surface area contributed by atoms with E-state index < -0.39 is 0 Å². The van der Waals surface area contributed by atoms with Crippen molar-refractivity contribution in [2.75, 3.05) is 51.5 Å². The predicted octanol–water partition coefficient (Wildman–Crippen LogP) is 3.09. The molecule has 9 heteroatoms. The molecule has 37 heavy (non-hydrogen) atoms. The van der Waals surface area contributed by atoms with Gasteiger partial charge in [0, 0.05) is 63.7 Å². The molecule has 1 unspecified atom stereocenters. The molecule has 9 nitrogen and oxygen atoms in total. The molecule has 0 radical (unpaired) electrons. The van der Waals surface area contributed by atoms with Crippen molar-refractivity contribution in [3.8, 4) is 5.75 Å². The Labute approximate surface area is 222 Å². The first-order chi connectivity index (χ1) is 17.8. The van der Waals surface area contributed by atoms with E-state index in [0.29, 0.717) is 57.7 Å². The van der Waals surface area contributed by atoms with Gasteiger partial charge in [0.25, 0.3) is 0 Å². The lowest BCUT2D eigenvalue weighted by Crippen LogP contribution is -2.51. The van der Waals surface area contributed by atoms with Crippen LogP contribution in [0, 0.1) is 24.7 Å². The molecule has 1 aromatic heterocycles. The van der Waals surface area contributed by atoms with Gasteiger partial charge >= 0.3 is 0 Å². The van der Waals surface area contributed by atoms with Crippen LogP contribution >= 0.6 is 0 Å². The average Bonchev–Trinajstić information content (AvgIpc) is 3.71. The minimum atomic E-state index is -0.283. The van der Waals surface area contributed by atoms with Crippen LogP contribution in [0.2, 0.25) is 0 Å². The molecular formula is C28H46N4O5. The normalized spacial score (nSPS) is 20.5. The Kier molecular flexibility index (Phi) is 11.6. The molecule has 3 atom stereocenters. The van der Waals surface area contributed by atoms with Crippen LogP contribution in [-0.2, 0) is 19.1 Å². The quantitative estimate of drug-likeness (QED) is 0.344. The Morgan fingerprint density at radius 1 is 1.22 bits per heavy atom. The number of carbonyl (C=O) groups excluding carboxylic acids is 2. The summed E-state index contributed by atoms with van der Waals surface area (Å²) in [4.78, 5) is 33.4. The Morgan fingerprint density at radius 3 is 2.65 bits per heavy atom. The molecular weight excluding hydrogens is 472 g/mol. The van der Waals surface area contributed by atoms with Gasteiger partial charge in [0.1, 0.15) is 11.6 Å². The van der Waals surface area contributed by atoms with Crippen molar-refractivity contribution in [2.24, 2.45) is 17.8 Å². The largest absolute Gasteiger partial charge is 0.493 e. The number of hydrogen-bond acceptors (Lipinski definition) is 7. The lowest BCUT2D eigenvalue weighted by atomic mass is 9.88. The second-order valence-electron chi connectivity index (χ2n) is 10.7. The zero-order valence-corrected chi connectivity index (χ0v) is 23.3. The maximum Gasteiger partial charge on any atom is 0.232 e. The van der Waals surface area contributed by atoms with Gasteiger partial charge in [0.05, 0.1) is 31.1 Å². The van der Waals surface area contributed by atoms with E-state index in [-0.39, 0.29) is 35.7 Å². The molecule has 2 aliphatic rings. The summed E-state index contributed by atoms with van der Waals surface area (Å²) in [7, 11) is 1.67. The zero-order valence-electron chi connectivity index (χ0n) is 23.3. The third-order valence-corrected chi connectivity index (χ3v) is 6.88. The van der Waals surface area contributed by atoms with E-state index in [1.54, 1.807) is 13.3 Å². The summed E-state index contributed by atoms with van der Waals surface area (Å²) >= 11 is 0. The van der Waals surface area contributed by atoms with Gasteiger partial charge in [-0.1, -0.05) is 13.8 Å². The topological polar surface area (TPSA) is 102 Å². The molecule has 2 N–H and O–H groups in total. The summed E-state index contributed by atoms with van der Waals surface area (Å²) in [5.74, 6) is 1.30. The molecule has 2 fully saturated rings. The summed E-state index contributed by atoms with van der Waals surface area (Å²) < 4.78 is 16.7. The molecule has 1 aliphatic carbocycles. The summed E-state index contributed by atoms with van der Waals surface area (Å²) in [6, 6.07) is 2.01. The van der Waals surface area contributed by atoms with Crippen molar-refractivity contribution in [3.63, 3.8) is 0 Å². The fourth-order valence-corrected chi connectivity index (χ4v) is 4.82. The van der Waals surface area contributed by atoms with Crippen molar-refractivity contribution in [1.29, 1.82) is 0 Å². The number of nitrogens with zero attached hydrogens (tertiary/aromatic N) is 2. The third kappa shape index (κ3) is 8.93. The maximum absolute atomic E-state index is 13.8.